The number of nitrogens with one attached hydrogen (secondary N) is 2. The van der Waals surface area contributed by atoms with Crippen molar-refractivity contribution >= 4 is 35.0 Å². The average molecular weight is 453 g/mol. The number of anilines is 3. The van der Waals surface area contributed by atoms with E-state index in [0.717, 1.165) is 19.3 Å². The van der Waals surface area contributed by atoms with E-state index in [9.17, 15) is 14.4 Å². The first-order valence-corrected chi connectivity index (χ1v) is 11.1. The van der Waals surface area contributed by atoms with Crippen LogP contribution >= 0.6 is 0 Å². The molecule has 1 aliphatic carbocycles. The number of nitrogens with two attached hydrogens (primary N) is 2. The van der Waals surface area contributed by atoms with Crippen LogP contribution in [-0.2, 0) is 9.53 Å². The minimum Gasteiger partial charge on any atom is -0.433 e. The molecule has 0 aliphatic heterocycles. The van der Waals surface area contributed by atoms with Gasteiger partial charge in [-0.15, -0.1) is 0 Å². The summed E-state index contributed by atoms with van der Waals surface area (Å²) in [5, 5.41) is 5.63. The Kier molecular flexibility index (Phi) is 6.95. The zero-order valence-corrected chi connectivity index (χ0v) is 19.3. The molecule has 6 N–H and O–H groups in total. The van der Waals surface area contributed by atoms with Gasteiger partial charge in [-0.1, -0.05) is 39.3 Å². The Hall–Kier alpha value is -3.55. The number of carbonyl (C=O) groups excluding carboxylic acids is 3. The number of amides is 3. The quantitative estimate of drug-likeness (QED) is 0.494. The Labute approximate surface area is 194 Å². The molecule has 8 heteroatoms. The van der Waals surface area contributed by atoms with Crippen LogP contribution in [0.25, 0.3) is 0 Å². The molecule has 33 heavy (non-hydrogen) atoms. The highest BCUT2D eigenvalue weighted by Crippen LogP contribution is 2.47. The second-order valence-electron chi connectivity index (χ2n) is 9.55. The molecule has 1 fully saturated rings. The number of carbonyl (C=O) groups is 3. The van der Waals surface area contributed by atoms with Crippen molar-refractivity contribution in [1.29, 1.82) is 0 Å². The third-order valence-electron chi connectivity index (χ3n) is 6.18. The van der Waals surface area contributed by atoms with E-state index in [1.54, 1.807) is 48.5 Å². The molecule has 0 aromatic heterocycles. The highest BCUT2D eigenvalue weighted by Gasteiger charge is 2.54. The van der Waals surface area contributed by atoms with Crippen molar-refractivity contribution in [3.63, 3.8) is 0 Å². The summed E-state index contributed by atoms with van der Waals surface area (Å²) in [6.45, 7) is 6.09. The van der Waals surface area contributed by atoms with Crippen molar-refractivity contribution in [2.75, 3.05) is 16.4 Å². The Morgan fingerprint density at radius 1 is 1.00 bits per heavy atom. The summed E-state index contributed by atoms with van der Waals surface area (Å²) in [7, 11) is 0. The van der Waals surface area contributed by atoms with Crippen molar-refractivity contribution in [2.24, 2.45) is 17.1 Å². The van der Waals surface area contributed by atoms with Gasteiger partial charge in [0.15, 0.2) is 5.60 Å². The van der Waals surface area contributed by atoms with Gasteiger partial charge < -0.3 is 26.8 Å². The summed E-state index contributed by atoms with van der Waals surface area (Å²) >= 11 is 0. The molecule has 1 saturated carbocycles. The van der Waals surface area contributed by atoms with Crippen molar-refractivity contribution < 1.29 is 19.1 Å². The summed E-state index contributed by atoms with van der Waals surface area (Å²) in [6, 6.07) is 13.5. The van der Waals surface area contributed by atoms with E-state index >= 15 is 0 Å². The first-order valence-electron chi connectivity index (χ1n) is 11.1. The van der Waals surface area contributed by atoms with Gasteiger partial charge in [0.05, 0.1) is 11.4 Å². The van der Waals surface area contributed by atoms with Gasteiger partial charge in [-0.2, -0.15) is 0 Å². The van der Waals surface area contributed by atoms with Crippen LogP contribution in [0.5, 0.6) is 0 Å². The minimum atomic E-state index is -1.34. The van der Waals surface area contributed by atoms with Gasteiger partial charge in [0.1, 0.15) is 0 Å². The molecule has 2 aromatic rings. The Morgan fingerprint density at radius 3 is 2.27 bits per heavy atom. The van der Waals surface area contributed by atoms with Gasteiger partial charge in [-0.3, -0.25) is 9.59 Å². The van der Waals surface area contributed by atoms with Crippen molar-refractivity contribution in [1.82, 2.24) is 0 Å². The maximum Gasteiger partial charge on any atom is 0.405 e. The van der Waals surface area contributed by atoms with E-state index in [0.29, 0.717) is 29.0 Å². The monoisotopic (exact) mass is 452 g/mol. The highest BCUT2D eigenvalue weighted by atomic mass is 16.6. The summed E-state index contributed by atoms with van der Waals surface area (Å²) in [4.78, 5) is 37.8. The molecule has 2 atom stereocenters. The van der Waals surface area contributed by atoms with Crippen LogP contribution in [0.1, 0.15) is 56.8 Å². The molecular formula is C25H32N4O4. The second-order valence-corrected chi connectivity index (χ2v) is 9.55. The van der Waals surface area contributed by atoms with Crippen LogP contribution in [0.2, 0.25) is 0 Å². The zero-order valence-electron chi connectivity index (χ0n) is 19.3. The largest absolute Gasteiger partial charge is 0.433 e. The summed E-state index contributed by atoms with van der Waals surface area (Å²) in [5.41, 5.74) is 11.5. The van der Waals surface area contributed by atoms with Gasteiger partial charge in [0.25, 0.3) is 11.8 Å². The Balaban J connectivity index is 1.78. The van der Waals surface area contributed by atoms with E-state index in [1.807, 2.05) is 20.8 Å². The fraction of sp³-hybridized carbons (Fsp3) is 0.400. The molecule has 3 amide bonds. The molecule has 0 saturated heterocycles. The molecule has 0 heterocycles. The molecule has 3 rings (SSSR count). The van der Waals surface area contributed by atoms with Crippen molar-refractivity contribution in [2.45, 2.75) is 52.1 Å². The van der Waals surface area contributed by atoms with E-state index in [4.69, 9.17) is 16.2 Å². The van der Waals surface area contributed by atoms with Gasteiger partial charge in [0.2, 0.25) is 0 Å². The molecular weight excluding hydrogens is 420 g/mol. The fourth-order valence-electron chi connectivity index (χ4n) is 4.64. The first-order chi connectivity index (χ1) is 15.5. The number of hydrogen-bond donors (Lipinski definition) is 4. The lowest BCUT2D eigenvalue weighted by Crippen LogP contribution is -2.58. The Morgan fingerprint density at radius 2 is 1.67 bits per heavy atom. The van der Waals surface area contributed by atoms with Crippen LogP contribution in [-0.4, -0.2) is 23.5 Å². The predicted molar refractivity (Wildman–Crippen MR) is 129 cm³/mol. The number of benzene rings is 2. The number of hydrogen-bond acceptors (Lipinski definition) is 5. The first kappa shape index (κ1) is 24.1. The molecule has 1 aliphatic rings. The maximum atomic E-state index is 13.4. The molecule has 0 radical (unpaired) electrons. The smallest absolute Gasteiger partial charge is 0.405 e. The van der Waals surface area contributed by atoms with E-state index in [-0.39, 0.29) is 17.2 Å². The SMILES string of the molecule is CC(C)(C)C1CCCCC1(OC(N)=O)C(=O)Nc1ccc(C(=O)Nc2ccccc2N)cc1. The molecule has 0 spiro atoms. The lowest BCUT2D eigenvalue weighted by molar-refractivity contribution is -0.151. The van der Waals surface area contributed by atoms with Crippen molar-refractivity contribution in [3.05, 3.63) is 54.1 Å². The molecule has 2 unspecified atom stereocenters. The Bertz CT molecular complexity index is 1030. The van der Waals surface area contributed by atoms with E-state index < -0.39 is 17.6 Å². The number of rotatable bonds is 5. The summed E-state index contributed by atoms with van der Waals surface area (Å²) in [6.07, 6.45) is 1.91. The molecule has 8 nitrogen and oxygen atoms in total. The summed E-state index contributed by atoms with van der Waals surface area (Å²) in [5.74, 6) is -0.915. The van der Waals surface area contributed by atoms with Crippen LogP contribution in [0.15, 0.2) is 48.5 Å². The van der Waals surface area contributed by atoms with Gasteiger partial charge in [0, 0.05) is 17.2 Å². The van der Waals surface area contributed by atoms with Gasteiger partial charge in [-0.05, 0) is 61.1 Å². The normalized spacial score (nSPS) is 20.5. The van der Waals surface area contributed by atoms with E-state index in [2.05, 4.69) is 10.6 Å². The number of nitrogen functional groups attached to an aromatic ring is 1. The number of para-hydroxylation sites is 2. The third-order valence-corrected chi connectivity index (χ3v) is 6.18. The molecule has 0 bridgehead atoms. The molecule has 176 valence electrons. The molecule has 2 aromatic carbocycles. The fourth-order valence-corrected chi connectivity index (χ4v) is 4.64. The van der Waals surface area contributed by atoms with Crippen LogP contribution in [0.3, 0.4) is 0 Å². The predicted octanol–water partition coefficient (Wildman–Crippen LogP) is 4.53. The topological polar surface area (TPSA) is 137 Å². The van der Waals surface area contributed by atoms with Crippen LogP contribution in [0.4, 0.5) is 21.9 Å². The summed E-state index contributed by atoms with van der Waals surface area (Å²) < 4.78 is 5.54. The van der Waals surface area contributed by atoms with Crippen LogP contribution < -0.4 is 22.1 Å². The van der Waals surface area contributed by atoms with Gasteiger partial charge >= 0.3 is 6.09 Å². The standard InChI is InChI=1S/C25H32N4O4/c1-24(2,3)20-10-6-7-15-25(20,33-23(27)32)22(31)28-17-13-11-16(12-14-17)21(30)29-19-9-5-4-8-18(19)26/h4-5,8-9,11-14,20H,6-7,10,15,26H2,1-3H3,(H2,27,32)(H,28,31)(H,29,30). The lowest BCUT2D eigenvalue weighted by atomic mass is 9.63. The minimum absolute atomic E-state index is 0.187. The van der Waals surface area contributed by atoms with Crippen LogP contribution in [0, 0.1) is 11.3 Å². The number of ether oxygens (including phenoxy) is 1. The van der Waals surface area contributed by atoms with E-state index in [1.165, 1.54) is 0 Å². The zero-order chi connectivity index (χ0) is 24.2. The maximum absolute atomic E-state index is 13.4. The number of primary amides is 1. The van der Waals surface area contributed by atoms with Crippen molar-refractivity contribution in [3.8, 4) is 0 Å². The average Bonchev–Trinajstić information content (AvgIpc) is 2.75. The van der Waals surface area contributed by atoms with Gasteiger partial charge in [-0.25, -0.2) is 4.79 Å². The second kappa shape index (κ2) is 9.52. The third kappa shape index (κ3) is 5.45. The lowest BCUT2D eigenvalue weighted by Gasteiger charge is -2.47. The highest BCUT2D eigenvalue weighted by molar-refractivity contribution is 6.06.